The number of thiazole rings is 1. The fourth-order valence-electron chi connectivity index (χ4n) is 2.89. The smallest absolute Gasteiger partial charge is 0.213 e. The van der Waals surface area contributed by atoms with Crippen molar-refractivity contribution in [1.29, 1.82) is 0 Å². The monoisotopic (exact) mass is 458 g/mol. The van der Waals surface area contributed by atoms with Gasteiger partial charge in [-0.05, 0) is 58.6 Å². The van der Waals surface area contributed by atoms with Crippen molar-refractivity contribution in [1.82, 2.24) is 9.29 Å². The molecule has 0 saturated carbocycles. The highest BCUT2D eigenvalue weighted by Crippen LogP contribution is 2.36. The summed E-state index contributed by atoms with van der Waals surface area (Å²) >= 11 is 1.49. The number of hydrogen-bond acceptors (Lipinski definition) is 5. The van der Waals surface area contributed by atoms with Crippen LogP contribution in [0.5, 0.6) is 0 Å². The predicted octanol–water partition coefficient (Wildman–Crippen LogP) is 3.66. The standard InChI is InChI=1S/C13H20FN2OPS.C6H8N2OS/c1-10-8-11(19(17)15(2)3)4-5-12(10)16-7-6-13(14,18)9-16;1-4-5(2)10-6(8-4)7-3-9/h4-5,8H,6-7,9,18H2,1-3H3;3H,1-2H3,(H,7,8,9). The molecule has 0 spiro atoms. The van der Waals surface area contributed by atoms with E-state index in [1.54, 1.807) is 18.4 Å². The molecule has 10 heteroatoms. The molecule has 6 nitrogen and oxygen atoms in total. The molecule has 1 aromatic carbocycles. The number of halogens is 1. The average Bonchev–Trinajstić information content (AvgIpc) is 3.16. The molecule has 0 aliphatic carbocycles. The number of carbonyl (C=O) groups is 1. The molecule has 160 valence electrons. The van der Waals surface area contributed by atoms with Gasteiger partial charge in [-0.15, -0.1) is 11.3 Å². The first-order valence-electron chi connectivity index (χ1n) is 9.11. The number of benzene rings is 1. The number of hydrogen-bond donors (Lipinski definition) is 1. The van der Waals surface area contributed by atoms with Crippen LogP contribution in [-0.4, -0.2) is 52.5 Å². The molecule has 3 atom stereocenters. The van der Waals surface area contributed by atoms with E-state index in [1.165, 1.54) is 11.3 Å². The van der Waals surface area contributed by atoms with E-state index in [0.717, 1.165) is 33.3 Å². The van der Waals surface area contributed by atoms with E-state index in [1.807, 2.05) is 43.9 Å². The Morgan fingerprint density at radius 1 is 1.38 bits per heavy atom. The second-order valence-electron chi connectivity index (χ2n) is 7.14. The van der Waals surface area contributed by atoms with E-state index in [4.69, 9.17) is 0 Å². The number of aryl methyl sites for hydroxylation is 3. The molecular formula is C19H28FN4O2PS2. The Morgan fingerprint density at radius 3 is 2.52 bits per heavy atom. The first-order valence-corrected chi connectivity index (χ1v) is 11.6. The van der Waals surface area contributed by atoms with Crippen molar-refractivity contribution in [2.45, 2.75) is 37.5 Å². The minimum absolute atomic E-state index is 0.397. The Balaban J connectivity index is 0.000000253. The average molecular weight is 459 g/mol. The second kappa shape index (κ2) is 10.1. The van der Waals surface area contributed by atoms with Crippen LogP contribution in [0.3, 0.4) is 0 Å². The third-order valence-corrected chi connectivity index (χ3v) is 7.30. The van der Waals surface area contributed by atoms with Crippen molar-refractivity contribution < 1.29 is 13.4 Å². The molecule has 1 saturated heterocycles. The van der Waals surface area contributed by atoms with E-state index in [9.17, 15) is 13.4 Å². The molecular weight excluding hydrogens is 430 g/mol. The number of carbonyl (C=O) groups excluding carboxylic acids is 1. The molecule has 1 aliphatic rings. The van der Waals surface area contributed by atoms with Crippen LogP contribution in [0.25, 0.3) is 0 Å². The van der Waals surface area contributed by atoms with Gasteiger partial charge < -0.3 is 10.2 Å². The van der Waals surface area contributed by atoms with Gasteiger partial charge in [0.15, 0.2) is 5.13 Å². The summed E-state index contributed by atoms with van der Waals surface area (Å²) in [5.41, 5.74) is 3.05. The van der Waals surface area contributed by atoms with Gasteiger partial charge in [0, 0.05) is 23.5 Å². The van der Waals surface area contributed by atoms with Gasteiger partial charge in [0.05, 0.1) is 17.1 Å². The molecule has 0 bridgehead atoms. The summed E-state index contributed by atoms with van der Waals surface area (Å²) in [6.45, 7) is 6.99. The lowest BCUT2D eigenvalue weighted by molar-refractivity contribution is -0.105. The Kier molecular flexibility index (Phi) is 8.28. The van der Waals surface area contributed by atoms with Gasteiger partial charge in [-0.3, -0.25) is 4.79 Å². The van der Waals surface area contributed by atoms with Gasteiger partial charge in [-0.25, -0.2) is 17.9 Å². The van der Waals surface area contributed by atoms with E-state index in [-0.39, 0.29) is 0 Å². The van der Waals surface area contributed by atoms with Crippen LogP contribution >= 0.6 is 20.6 Å². The molecule has 1 aromatic heterocycles. The zero-order valence-corrected chi connectivity index (χ0v) is 20.1. The minimum Gasteiger partial charge on any atom is -0.368 e. The summed E-state index contributed by atoms with van der Waals surface area (Å²) in [5, 5.41) is 1.98. The third-order valence-electron chi connectivity index (χ3n) is 4.50. The molecule has 1 amide bonds. The number of nitrogens with zero attached hydrogens (tertiary/aromatic N) is 3. The van der Waals surface area contributed by atoms with E-state index < -0.39 is 16.4 Å². The number of amides is 1. The van der Waals surface area contributed by atoms with Crippen LogP contribution in [0.15, 0.2) is 23.1 Å². The molecule has 1 N–H and O–H groups in total. The first-order chi connectivity index (χ1) is 13.5. The highest BCUT2D eigenvalue weighted by molar-refractivity contribution is 7.82. The van der Waals surface area contributed by atoms with Crippen molar-refractivity contribution in [2.24, 2.45) is 0 Å². The zero-order valence-electron chi connectivity index (χ0n) is 17.4. The Labute approximate surface area is 180 Å². The molecule has 1 aliphatic heterocycles. The molecule has 0 radical (unpaired) electrons. The molecule has 3 rings (SSSR count). The van der Waals surface area contributed by atoms with Crippen LogP contribution < -0.4 is 10.2 Å². The van der Waals surface area contributed by atoms with Gasteiger partial charge >= 0.3 is 0 Å². The van der Waals surface area contributed by atoms with Crippen LogP contribution in [0.4, 0.5) is 15.2 Å². The summed E-state index contributed by atoms with van der Waals surface area (Å²) in [4.78, 5) is 18.0. The topological polar surface area (TPSA) is 65.5 Å². The van der Waals surface area contributed by atoms with E-state index in [2.05, 4.69) is 19.5 Å². The largest absolute Gasteiger partial charge is 0.368 e. The van der Waals surface area contributed by atoms with Crippen LogP contribution in [0, 0.1) is 20.8 Å². The fraction of sp³-hybridized carbons (Fsp3) is 0.474. The van der Waals surface area contributed by atoms with Gasteiger partial charge in [0.1, 0.15) is 16.4 Å². The second-order valence-corrected chi connectivity index (χ2v) is 11.1. The Bertz CT molecular complexity index is 870. The van der Waals surface area contributed by atoms with Crippen molar-refractivity contribution in [3.05, 3.63) is 34.3 Å². The summed E-state index contributed by atoms with van der Waals surface area (Å²) in [7, 11) is 4.73. The number of aromatic nitrogens is 1. The SMILES string of the molecule is Cc1cc(S(=O)N(C)C)ccc1N1CCC(F)(P)C1.Cc1nc(NC=O)sc1C. The zero-order chi connectivity index (χ0) is 21.8. The number of nitrogens with one attached hydrogen (secondary N) is 1. The summed E-state index contributed by atoms with van der Waals surface area (Å²) < 4.78 is 27.5. The van der Waals surface area contributed by atoms with Crippen LogP contribution in [-0.2, 0) is 15.8 Å². The fourth-order valence-corrected chi connectivity index (χ4v) is 4.90. The van der Waals surface area contributed by atoms with Crippen molar-refractivity contribution >= 4 is 48.8 Å². The van der Waals surface area contributed by atoms with Gasteiger partial charge in [0.2, 0.25) is 6.41 Å². The van der Waals surface area contributed by atoms with Gasteiger partial charge in [0.25, 0.3) is 0 Å². The summed E-state index contributed by atoms with van der Waals surface area (Å²) in [6.07, 6.45) is 1.17. The maximum atomic E-state index is 13.9. The third kappa shape index (κ3) is 6.54. The quantitative estimate of drug-likeness (QED) is 0.549. The predicted molar refractivity (Wildman–Crippen MR) is 123 cm³/mol. The lowest BCUT2D eigenvalue weighted by atomic mass is 10.2. The van der Waals surface area contributed by atoms with Crippen molar-refractivity contribution in [2.75, 3.05) is 37.4 Å². The summed E-state index contributed by atoms with van der Waals surface area (Å²) in [6, 6.07) is 5.73. The first kappa shape index (κ1) is 23.9. The molecule has 2 aromatic rings. The highest BCUT2D eigenvalue weighted by Gasteiger charge is 2.34. The summed E-state index contributed by atoms with van der Waals surface area (Å²) in [5.74, 6) is 0. The van der Waals surface area contributed by atoms with Gasteiger partial charge in [-0.2, -0.15) is 0 Å². The van der Waals surface area contributed by atoms with Crippen molar-refractivity contribution in [3.63, 3.8) is 0 Å². The van der Waals surface area contributed by atoms with Crippen LogP contribution in [0.2, 0.25) is 0 Å². The Hall–Kier alpha value is -1.41. The highest BCUT2D eigenvalue weighted by atomic mass is 32.2. The lowest BCUT2D eigenvalue weighted by Gasteiger charge is -2.22. The maximum absolute atomic E-state index is 13.9. The number of anilines is 2. The van der Waals surface area contributed by atoms with Gasteiger partial charge in [-0.1, -0.05) is 9.24 Å². The van der Waals surface area contributed by atoms with Crippen molar-refractivity contribution in [3.8, 4) is 0 Å². The molecule has 1 fully saturated rings. The molecule has 2 heterocycles. The number of rotatable bonds is 5. The maximum Gasteiger partial charge on any atom is 0.213 e. The Morgan fingerprint density at radius 2 is 2.07 bits per heavy atom. The van der Waals surface area contributed by atoms with Crippen LogP contribution in [0.1, 0.15) is 22.6 Å². The molecule has 3 unspecified atom stereocenters. The van der Waals surface area contributed by atoms with E-state index >= 15 is 0 Å². The lowest BCUT2D eigenvalue weighted by Crippen LogP contribution is -2.24. The minimum atomic E-state index is -1.18. The van der Waals surface area contributed by atoms with E-state index in [0.29, 0.717) is 24.5 Å². The molecule has 29 heavy (non-hydrogen) atoms. The normalized spacial score (nSPS) is 19.7. The number of alkyl halides is 1.